The second-order valence-electron chi connectivity index (χ2n) is 18.6. The van der Waals surface area contributed by atoms with Gasteiger partial charge < -0.3 is 9.47 Å². The van der Waals surface area contributed by atoms with Gasteiger partial charge >= 0.3 is 0 Å². The van der Waals surface area contributed by atoms with Crippen molar-refractivity contribution in [3.05, 3.63) is 205 Å². The van der Waals surface area contributed by atoms with E-state index < -0.39 is 0 Å². The first-order chi connectivity index (χ1) is 29.9. The largest absolute Gasteiger partial charge is 0.310 e. The van der Waals surface area contributed by atoms with Crippen molar-refractivity contribution in [1.82, 2.24) is 4.57 Å². The summed E-state index contributed by atoms with van der Waals surface area (Å²) in [4.78, 5) is 2.49. The molecule has 8 aromatic carbocycles. The van der Waals surface area contributed by atoms with E-state index in [9.17, 15) is 0 Å². The third-order valence-corrected chi connectivity index (χ3v) is 15.0. The number of aromatic nitrogens is 1. The average Bonchev–Trinajstić information content (AvgIpc) is 3.78. The summed E-state index contributed by atoms with van der Waals surface area (Å²) >= 11 is 0. The highest BCUT2D eigenvalue weighted by Gasteiger charge is 2.41. The lowest BCUT2D eigenvalue weighted by atomic mass is 9.58. The van der Waals surface area contributed by atoms with Crippen LogP contribution < -0.4 is 4.90 Å². The van der Waals surface area contributed by atoms with Crippen LogP contribution in [0.4, 0.5) is 17.1 Å². The fourth-order valence-corrected chi connectivity index (χ4v) is 11.6. The van der Waals surface area contributed by atoms with Crippen molar-refractivity contribution in [3.8, 4) is 39.1 Å². The lowest BCUT2D eigenvalue weighted by Crippen LogP contribution is -2.37. The average molecular weight is 787 g/mol. The number of hydrogen-bond donors (Lipinski definition) is 0. The van der Waals surface area contributed by atoms with Crippen LogP contribution in [0.1, 0.15) is 69.1 Å². The maximum atomic E-state index is 2.49. The fraction of sp³-hybridized carbons (Fsp3) is 0.186. The minimum absolute atomic E-state index is 0.205. The van der Waals surface area contributed by atoms with Crippen LogP contribution in [-0.4, -0.2) is 4.57 Å². The van der Waals surface area contributed by atoms with Crippen LogP contribution in [0.5, 0.6) is 0 Å². The summed E-state index contributed by atoms with van der Waals surface area (Å²) < 4.78 is 2.45. The molecule has 0 radical (unpaired) electrons. The minimum atomic E-state index is -0.205. The van der Waals surface area contributed by atoms with Gasteiger partial charge in [-0.2, -0.15) is 0 Å². The Hall–Kier alpha value is -6.64. The van der Waals surface area contributed by atoms with Crippen LogP contribution in [0, 0.1) is 5.92 Å². The van der Waals surface area contributed by atoms with E-state index in [1.54, 1.807) is 0 Å². The molecule has 2 nitrogen and oxygen atoms in total. The zero-order chi connectivity index (χ0) is 40.7. The molecule has 0 unspecified atom stereocenters. The molecule has 0 atom stereocenters. The second-order valence-corrected chi connectivity index (χ2v) is 18.6. The number of nitrogens with zero attached hydrogens (tertiary/aromatic N) is 2. The Balaban J connectivity index is 0.965. The molecule has 0 spiro atoms. The van der Waals surface area contributed by atoms with Crippen LogP contribution in [0.3, 0.4) is 0 Å². The Morgan fingerprint density at radius 2 is 0.967 bits per heavy atom. The zero-order valence-electron chi connectivity index (χ0n) is 35.1. The summed E-state index contributed by atoms with van der Waals surface area (Å²) in [5.41, 5.74) is 19.2. The molecule has 296 valence electrons. The van der Waals surface area contributed by atoms with Gasteiger partial charge in [-0.05, 0) is 167 Å². The van der Waals surface area contributed by atoms with Crippen molar-refractivity contribution in [2.24, 2.45) is 5.92 Å². The van der Waals surface area contributed by atoms with Gasteiger partial charge in [-0.15, -0.1) is 0 Å². The van der Waals surface area contributed by atoms with Gasteiger partial charge in [-0.25, -0.2) is 0 Å². The smallest absolute Gasteiger partial charge is 0.0541 e. The molecule has 2 bridgehead atoms. The third kappa shape index (κ3) is 5.83. The molecule has 4 aliphatic rings. The molecule has 0 saturated heterocycles. The van der Waals surface area contributed by atoms with Gasteiger partial charge in [0, 0.05) is 38.9 Å². The topological polar surface area (TPSA) is 8.17 Å². The molecule has 1 heterocycles. The first-order valence-electron chi connectivity index (χ1n) is 22.4. The predicted octanol–water partition coefficient (Wildman–Crippen LogP) is 16.1. The van der Waals surface area contributed by atoms with Crippen LogP contribution in [0.15, 0.2) is 188 Å². The molecule has 3 fully saturated rings. The van der Waals surface area contributed by atoms with Crippen molar-refractivity contribution in [1.29, 1.82) is 0 Å². The summed E-state index contributed by atoms with van der Waals surface area (Å²) in [6, 6.07) is 70.5. The molecule has 1 aromatic heterocycles. The van der Waals surface area contributed by atoms with E-state index >= 15 is 0 Å². The Bertz CT molecular complexity index is 3050. The molecule has 61 heavy (non-hydrogen) atoms. The number of rotatable bonds is 7. The number of hydrogen-bond acceptors (Lipinski definition) is 1. The predicted molar refractivity (Wildman–Crippen MR) is 257 cm³/mol. The molecule has 4 aliphatic carbocycles. The molecule has 3 saturated carbocycles. The van der Waals surface area contributed by atoms with Crippen molar-refractivity contribution >= 4 is 38.9 Å². The summed E-state index contributed by atoms with van der Waals surface area (Å²) in [5, 5.41) is 2.58. The first kappa shape index (κ1) is 36.2. The lowest BCUT2D eigenvalue weighted by Gasteiger charge is -2.47. The van der Waals surface area contributed by atoms with Crippen LogP contribution >= 0.6 is 0 Å². The second kappa shape index (κ2) is 14.0. The molecular formula is C59H50N2. The summed E-state index contributed by atoms with van der Waals surface area (Å²) in [7, 11) is 0. The Morgan fingerprint density at radius 3 is 1.66 bits per heavy atom. The highest BCUT2D eigenvalue weighted by atomic mass is 15.1. The van der Waals surface area contributed by atoms with Gasteiger partial charge in [0.2, 0.25) is 0 Å². The molecule has 0 amide bonds. The maximum absolute atomic E-state index is 2.49. The van der Waals surface area contributed by atoms with Crippen molar-refractivity contribution < 1.29 is 0 Å². The van der Waals surface area contributed by atoms with Gasteiger partial charge in [-0.1, -0.05) is 135 Å². The summed E-state index contributed by atoms with van der Waals surface area (Å²) in [6.07, 6.45) is 8.18. The molecule has 0 aliphatic heterocycles. The number of benzene rings is 8. The van der Waals surface area contributed by atoms with E-state index in [2.05, 4.69) is 211 Å². The van der Waals surface area contributed by atoms with Gasteiger partial charge in [0.05, 0.1) is 11.0 Å². The van der Waals surface area contributed by atoms with Crippen LogP contribution in [0.2, 0.25) is 0 Å². The van der Waals surface area contributed by atoms with Crippen molar-refractivity contribution in [3.63, 3.8) is 0 Å². The molecule has 2 heteroatoms. The SMILES string of the molecule is CC1(C)c2cc(N(c3ccc(C45CCC(CC4)CC5)cc3)c3cccc(-c4cccc(-c5ccccc5)c4)c3)ccc2-c2ccc(-n3c4ccccc4c4ccccc43)cc21. The quantitative estimate of drug-likeness (QED) is 0.156. The molecule has 13 rings (SSSR count). The van der Waals surface area contributed by atoms with Gasteiger partial charge in [0.15, 0.2) is 0 Å². The van der Waals surface area contributed by atoms with E-state index in [-0.39, 0.29) is 5.41 Å². The van der Waals surface area contributed by atoms with E-state index in [1.807, 2.05) is 0 Å². The zero-order valence-corrected chi connectivity index (χ0v) is 35.1. The highest BCUT2D eigenvalue weighted by molar-refractivity contribution is 6.09. The Labute approximate surface area is 359 Å². The third-order valence-electron chi connectivity index (χ3n) is 15.0. The number of anilines is 3. The molecule has 9 aromatic rings. The highest BCUT2D eigenvalue weighted by Crippen LogP contribution is 2.54. The standard InChI is InChI=1S/C59H50N2/c1-58(2)54-38-48(26-28-50(54)51-29-27-49(39-55(51)58)61-56-20-8-6-18-52(56)53-19-7-9-21-57(53)61)60(46-24-22-45(23-25-46)59-33-30-40(31-34-59)32-35-59)47-17-11-16-44(37-47)43-15-10-14-42(36-43)41-12-4-3-5-13-41/h3-29,36-40H,30-35H2,1-2H3. The Morgan fingerprint density at radius 1 is 0.443 bits per heavy atom. The van der Waals surface area contributed by atoms with Crippen molar-refractivity contribution in [2.75, 3.05) is 4.90 Å². The lowest BCUT2D eigenvalue weighted by molar-refractivity contribution is 0.136. The number of fused-ring (bicyclic) bond motifs is 9. The van der Waals surface area contributed by atoms with E-state index in [0.717, 1.165) is 11.6 Å². The first-order valence-corrected chi connectivity index (χ1v) is 22.4. The fourth-order valence-electron chi connectivity index (χ4n) is 11.6. The number of para-hydroxylation sites is 2. The van der Waals surface area contributed by atoms with Crippen molar-refractivity contribution in [2.45, 2.75) is 63.2 Å². The van der Waals surface area contributed by atoms with E-state index in [0.29, 0.717) is 5.41 Å². The molecular weight excluding hydrogens is 737 g/mol. The van der Waals surface area contributed by atoms with E-state index in [1.165, 1.54) is 127 Å². The monoisotopic (exact) mass is 786 g/mol. The normalized spacial score (nSPS) is 18.6. The van der Waals surface area contributed by atoms with Gasteiger partial charge in [0.1, 0.15) is 0 Å². The Kier molecular flexibility index (Phi) is 8.29. The van der Waals surface area contributed by atoms with Crippen LogP contribution in [0.25, 0.3) is 60.9 Å². The van der Waals surface area contributed by atoms with E-state index in [4.69, 9.17) is 0 Å². The van der Waals surface area contributed by atoms with Gasteiger partial charge in [-0.3, -0.25) is 0 Å². The van der Waals surface area contributed by atoms with Crippen LogP contribution in [-0.2, 0) is 10.8 Å². The summed E-state index contributed by atoms with van der Waals surface area (Å²) in [6.45, 7) is 4.82. The molecule has 0 N–H and O–H groups in total. The summed E-state index contributed by atoms with van der Waals surface area (Å²) in [5.74, 6) is 0.952. The minimum Gasteiger partial charge on any atom is -0.310 e. The van der Waals surface area contributed by atoms with Gasteiger partial charge in [0.25, 0.3) is 0 Å². The maximum Gasteiger partial charge on any atom is 0.0541 e.